The van der Waals surface area contributed by atoms with Gasteiger partial charge in [0.05, 0.1) is 18.6 Å². The molecule has 0 radical (unpaired) electrons. The topological polar surface area (TPSA) is 154 Å². The van der Waals surface area contributed by atoms with E-state index in [4.69, 9.17) is 4.74 Å². The third kappa shape index (κ3) is 2.56. The lowest BCUT2D eigenvalue weighted by atomic mass is 9.84. The molecular weight excluding hydrogens is 300 g/mol. The molecule has 22 heavy (non-hydrogen) atoms. The van der Waals surface area contributed by atoms with Gasteiger partial charge >= 0.3 is 6.03 Å². The Morgan fingerprint density at radius 3 is 1.91 bits per heavy atom. The van der Waals surface area contributed by atoms with Crippen LogP contribution in [0.2, 0.25) is 0 Å². The average Bonchev–Trinajstić information content (AvgIpc) is 2.51. The quantitative estimate of drug-likeness (QED) is 0.301. The van der Waals surface area contributed by atoms with E-state index < -0.39 is 61.5 Å². The predicted molar refractivity (Wildman–Crippen MR) is 70.2 cm³/mol. The summed E-state index contributed by atoms with van der Waals surface area (Å²) in [6.45, 7) is -0.620. The van der Waals surface area contributed by atoms with Gasteiger partial charge in [-0.25, -0.2) is 4.79 Å². The first-order chi connectivity index (χ1) is 10.2. The number of urea groups is 1. The van der Waals surface area contributed by atoms with E-state index in [1.807, 2.05) is 0 Å². The third-order valence-corrected chi connectivity index (χ3v) is 4.39. The molecule has 0 saturated carbocycles. The molecule has 7 atom stereocenters. The monoisotopic (exact) mass is 322 g/mol. The molecule has 0 bridgehead atoms. The zero-order valence-electron chi connectivity index (χ0n) is 12.2. The average molecular weight is 322 g/mol. The molecule has 128 valence electrons. The molecule has 2 rings (SSSR count). The fourth-order valence-corrected chi connectivity index (χ4v) is 2.93. The van der Waals surface area contributed by atoms with Crippen molar-refractivity contribution in [1.29, 1.82) is 0 Å². The molecule has 2 amide bonds. The van der Waals surface area contributed by atoms with E-state index in [-0.39, 0.29) is 0 Å². The van der Waals surface area contributed by atoms with Crippen molar-refractivity contribution in [2.24, 2.45) is 5.92 Å². The minimum absolute atomic E-state index is 0.620. The molecule has 10 heteroatoms. The number of carbonyl (C=O) groups is 1. The van der Waals surface area contributed by atoms with Crippen molar-refractivity contribution in [2.75, 3.05) is 20.7 Å². The van der Waals surface area contributed by atoms with Crippen molar-refractivity contribution >= 4 is 6.03 Å². The summed E-state index contributed by atoms with van der Waals surface area (Å²) in [5, 5.41) is 59.2. The van der Waals surface area contributed by atoms with Crippen LogP contribution in [0.15, 0.2) is 0 Å². The summed E-state index contributed by atoms with van der Waals surface area (Å²) < 4.78 is 5.35. The minimum Gasteiger partial charge on any atom is -0.394 e. The highest BCUT2D eigenvalue weighted by Crippen LogP contribution is 2.33. The van der Waals surface area contributed by atoms with E-state index in [2.05, 4.69) is 0 Å². The molecule has 2 aliphatic heterocycles. The van der Waals surface area contributed by atoms with Crippen LogP contribution >= 0.6 is 0 Å². The van der Waals surface area contributed by atoms with Gasteiger partial charge in [-0.15, -0.1) is 0 Å². The van der Waals surface area contributed by atoms with Crippen LogP contribution in [0.1, 0.15) is 0 Å². The number of rotatable bonds is 2. The maximum Gasteiger partial charge on any atom is 0.323 e. The van der Waals surface area contributed by atoms with Gasteiger partial charge in [0, 0.05) is 14.1 Å². The van der Waals surface area contributed by atoms with Gasteiger partial charge < -0.3 is 45.2 Å². The second-order valence-corrected chi connectivity index (χ2v) is 5.70. The first-order valence-electron chi connectivity index (χ1n) is 6.88. The number of carbonyl (C=O) groups excluding carboxylic acids is 1. The summed E-state index contributed by atoms with van der Waals surface area (Å²) in [6.07, 6.45) is -10.2. The first kappa shape index (κ1) is 17.3. The van der Waals surface area contributed by atoms with Crippen molar-refractivity contribution in [3.05, 3.63) is 0 Å². The maximum absolute atomic E-state index is 11.8. The molecule has 10 nitrogen and oxygen atoms in total. The molecule has 2 aliphatic rings. The fourth-order valence-electron chi connectivity index (χ4n) is 2.93. The third-order valence-electron chi connectivity index (χ3n) is 4.39. The number of hydrogen-bond donors (Lipinski definition) is 6. The molecular formula is C12H22N2O8. The Bertz CT molecular complexity index is 404. The second-order valence-electron chi connectivity index (χ2n) is 5.70. The van der Waals surface area contributed by atoms with E-state index in [1.54, 1.807) is 0 Å². The standard InChI is InChI=1S/C12H22N2O8/c1-13-10(19)5(11(20)14(2)12(13)21)9-8(18)7(17)6(16)4(3-15)22-9/h4-11,15-20H,3H2,1-2H3/t4?,5?,6-,7?,8+,9+,10?,11?/m1/s1. The molecule has 0 aromatic carbocycles. The summed E-state index contributed by atoms with van der Waals surface area (Å²) in [7, 11) is 2.62. The van der Waals surface area contributed by atoms with Crippen LogP contribution < -0.4 is 0 Å². The van der Waals surface area contributed by atoms with Crippen LogP contribution in [0, 0.1) is 5.92 Å². The highest BCUT2D eigenvalue weighted by atomic mass is 16.5. The molecule has 6 N–H and O–H groups in total. The molecule has 4 unspecified atom stereocenters. The van der Waals surface area contributed by atoms with Crippen LogP contribution in [0.3, 0.4) is 0 Å². The summed E-state index contributed by atoms with van der Waals surface area (Å²) in [4.78, 5) is 13.7. The molecule has 2 fully saturated rings. The summed E-state index contributed by atoms with van der Waals surface area (Å²) in [5.74, 6) is -1.17. The van der Waals surface area contributed by atoms with E-state index in [0.717, 1.165) is 9.80 Å². The second kappa shape index (κ2) is 6.24. The van der Waals surface area contributed by atoms with Gasteiger partial charge in [0.15, 0.2) is 0 Å². The zero-order valence-corrected chi connectivity index (χ0v) is 12.2. The number of nitrogens with zero attached hydrogens (tertiary/aromatic N) is 2. The number of hydrogen-bond acceptors (Lipinski definition) is 8. The highest BCUT2D eigenvalue weighted by molar-refractivity contribution is 5.75. The van der Waals surface area contributed by atoms with Crippen molar-refractivity contribution in [1.82, 2.24) is 9.80 Å². The van der Waals surface area contributed by atoms with E-state index in [0.29, 0.717) is 0 Å². The number of aliphatic hydroxyl groups is 6. The zero-order chi connectivity index (χ0) is 16.8. The predicted octanol–water partition coefficient (Wildman–Crippen LogP) is -3.92. The van der Waals surface area contributed by atoms with Crippen LogP contribution in [-0.4, -0.2) is 110 Å². The molecule has 2 heterocycles. The van der Waals surface area contributed by atoms with Gasteiger partial charge in [-0.1, -0.05) is 0 Å². The smallest absolute Gasteiger partial charge is 0.323 e. The van der Waals surface area contributed by atoms with E-state index in [1.165, 1.54) is 14.1 Å². The number of ether oxygens (including phenoxy) is 1. The van der Waals surface area contributed by atoms with E-state index in [9.17, 15) is 35.4 Å². The van der Waals surface area contributed by atoms with Gasteiger partial charge in [-0.05, 0) is 0 Å². The maximum atomic E-state index is 11.8. The highest BCUT2D eigenvalue weighted by Gasteiger charge is 2.54. The van der Waals surface area contributed by atoms with Gasteiger partial charge in [0.1, 0.15) is 36.9 Å². The molecule has 0 aliphatic carbocycles. The number of aliphatic hydroxyl groups excluding tert-OH is 6. The Labute approximate surface area is 126 Å². The van der Waals surface area contributed by atoms with Crippen molar-refractivity contribution in [3.63, 3.8) is 0 Å². The van der Waals surface area contributed by atoms with Gasteiger partial charge in [0.25, 0.3) is 0 Å². The van der Waals surface area contributed by atoms with Crippen LogP contribution in [0.5, 0.6) is 0 Å². The summed E-state index contributed by atoms with van der Waals surface area (Å²) in [6, 6.07) is -0.624. The Kier molecular flexibility index (Phi) is 4.92. The lowest BCUT2D eigenvalue weighted by Crippen LogP contribution is -2.69. The number of amides is 2. The Balaban J connectivity index is 2.29. The van der Waals surface area contributed by atoms with Crippen molar-refractivity contribution < 1.29 is 40.2 Å². The normalized spacial score (nSPS) is 47.0. The van der Waals surface area contributed by atoms with Crippen molar-refractivity contribution in [3.8, 4) is 0 Å². The SMILES string of the molecule is CN1C(=O)N(C)C(O)C([C@@H]2OC(CO)[C@@H](O)C(O)[C@@H]2O)C1O. The molecule has 0 aromatic rings. The summed E-state index contributed by atoms with van der Waals surface area (Å²) >= 11 is 0. The Morgan fingerprint density at radius 2 is 1.45 bits per heavy atom. The van der Waals surface area contributed by atoms with Crippen LogP contribution in [0.4, 0.5) is 4.79 Å². The fraction of sp³-hybridized carbons (Fsp3) is 0.917. The van der Waals surface area contributed by atoms with Crippen molar-refractivity contribution in [2.45, 2.75) is 43.0 Å². The summed E-state index contributed by atoms with van der Waals surface area (Å²) in [5.41, 5.74) is 0. The van der Waals surface area contributed by atoms with Crippen LogP contribution in [0.25, 0.3) is 0 Å². The lowest BCUT2D eigenvalue weighted by molar-refractivity contribution is -0.274. The lowest BCUT2D eigenvalue weighted by Gasteiger charge is -2.50. The molecule has 0 aromatic heterocycles. The van der Waals surface area contributed by atoms with Gasteiger partial charge in [0.2, 0.25) is 0 Å². The first-order valence-corrected chi connectivity index (χ1v) is 6.88. The van der Waals surface area contributed by atoms with Crippen LogP contribution in [-0.2, 0) is 4.74 Å². The largest absolute Gasteiger partial charge is 0.394 e. The molecule has 0 spiro atoms. The minimum atomic E-state index is -1.62. The van der Waals surface area contributed by atoms with Gasteiger partial charge in [-0.2, -0.15) is 0 Å². The van der Waals surface area contributed by atoms with Gasteiger partial charge in [-0.3, -0.25) is 0 Å². The Hall–Kier alpha value is -1.01. The Morgan fingerprint density at radius 1 is 0.955 bits per heavy atom. The van der Waals surface area contributed by atoms with E-state index >= 15 is 0 Å². The molecule has 2 saturated heterocycles.